The minimum Gasteiger partial charge on any atom is -0.481 e. The third kappa shape index (κ3) is 5.75. The maximum Gasteiger partial charge on any atom is 0.330 e. The van der Waals surface area contributed by atoms with Crippen molar-refractivity contribution in [3.05, 3.63) is 45.3 Å². The maximum absolute atomic E-state index is 13.2. The fraction of sp³-hybridized carbons (Fsp3) is 0.500. The molecule has 0 aromatic carbocycles. The number of aromatic amines is 1. The lowest BCUT2D eigenvalue weighted by molar-refractivity contribution is -0.144. The van der Waals surface area contributed by atoms with Gasteiger partial charge in [-0.05, 0) is 6.92 Å². The third-order valence-corrected chi connectivity index (χ3v) is 7.37. The minimum absolute atomic E-state index is 0.0434. The fourth-order valence-electron chi connectivity index (χ4n) is 5.11. The highest BCUT2D eigenvalue weighted by atomic mass is 16.6. The number of aliphatic carboxylic acids is 1. The van der Waals surface area contributed by atoms with Crippen molar-refractivity contribution in [1.29, 1.82) is 0 Å². The first-order valence-corrected chi connectivity index (χ1v) is 13.2. The van der Waals surface area contributed by atoms with Gasteiger partial charge in [-0.3, -0.25) is 33.3 Å². The van der Waals surface area contributed by atoms with Crippen molar-refractivity contribution >= 4 is 34.8 Å². The van der Waals surface area contributed by atoms with Crippen molar-refractivity contribution in [3.63, 3.8) is 0 Å². The summed E-state index contributed by atoms with van der Waals surface area (Å²) in [6.45, 7) is 0.884. The van der Waals surface area contributed by atoms with Gasteiger partial charge in [0.2, 0.25) is 5.91 Å². The van der Waals surface area contributed by atoms with Gasteiger partial charge in [0.15, 0.2) is 23.8 Å². The average molecular weight is 620 g/mol. The lowest BCUT2D eigenvalue weighted by Crippen LogP contribution is -2.55. The Morgan fingerprint density at radius 2 is 1.91 bits per heavy atom. The number of carbonyl (C=O) groups is 3. The van der Waals surface area contributed by atoms with Crippen LogP contribution in [0.1, 0.15) is 30.9 Å². The largest absolute Gasteiger partial charge is 0.481 e. The Bertz CT molecular complexity index is 1700. The number of ether oxygens (including phenoxy) is 2. The first kappa shape index (κ1) is 30.7. The van der Waals surface area contributed by atoms with Crippen molar-refractivity contribution in [2.24, 2.45) is 0 Å². The van der Waals surface area contributed by atoms with Gasteiger partial charge in [-0.2, -0.15) is 0 Å². The van der Waals surface area contributed by atoms with Crippen LogP contribution in [0.15, 0.2) is 28.4 Å². The quantitative estimate of drug-likeness (QED) is 0.112. The van der Waals surface area contributed by atoms with E-state index in [0.717, 1.165) is 10.9 Å². The van der Waals surface area contributed by atoms with E-state index < -0.39 is 91.0 Å². The number of imidazole rings is 1. The second-order valence-corrected chi connectivity index (χ2v) is 10.3. The number of aliphatic hydroxyl groups is 3. The Hall–Kier alpha value is -4.76. The molecule has 5 heterocycles. The molecule has 2 saturated heterocycles. The van der Waals surface area contributed by atoms with Gasteiger partial charge >= 0.3 is 11.7 Å². The van der Waals surface area contributed by atoms with E-state index in [0.29, 0.717) is 0 Å². The summed E-state index contributed by atoms with van der Waals surface area (Å²) in [6, 6.07) is -2.63. The van der Waals surface area contributed by atoms with Crippen LogP contribution in [-0.4, -0.2) is 110 Å². The molecule has 0 unspecified atom stereocenters. The number of nitrogen functional groups attached to an aromatic ring is 1. The molecule has 20 heteroatoms. The van der Waals surface area contributed by atoms with Crippen molar-refractivity contribution in [2.45, 2.75) is 68.7 Å². The van der Waals surface area contributed by atoms with Gasteiger partial charge in [0.1, 0.15) is 42.4 Å². The molecule has 3 aromatic heterocycles. The number of hydrogen-bond acceptors (Lipinski definition) is 14. The minimum atomic E-state index is -1.80. The SMILES string of the molecule is Cc1cn([C@H]2C[C@H](NC(=O)[C@@H](CC(=O)O)NC(=O)[C@H]3O[C@@H](n4cnc5c(N)ncnc54)[C@H](O)[C@@H]3O)[C@@H](CO)O2)c(=O)[nH]c1=O. The number of hydrogen-bond donors (Lipinski definition) is 8. The normalized spacial score (nSPS) is 27.3. The van der Waals surface area contributed by atoms with Gasteiger partial charge in [0.05, 0.1) is 25.4 Å². The summed E-state index contributed by atoms with van der Waals surface area (Å²) in [4.78, 5) is 76.0. The zero-order valence-corrected chi connectivity index (χ0v) is 22.9. The third-order valence-electron chi connectivity index (χ3n) is 7.37. The summed E-state index contributed by atoms with van der Waals surface area (Å²) < 4.78 is 13.6. The number of amides is 2. The maximum atomic E-state index is 13.2. The molecule has 3 aromatic rings. The fourth-order valence-corrected chi connectivity index (χ4v) is 5.11. The van der Waals surface area contributed by atoms with E-state index in [2.05, 4.69) is 30.6 Å². The Morgan fingerprint density at radius 1 is 1.16 bits per heavy atom. The van der Waals surface area contributed by atoms with Crippen LogP contribution in [0.5, 0.6) is 0 Å². The molecule has 2 aliphatic heterocycles. The van der Waals surface area contributed by atoms with Crippen LogP contribution >= 0.6 is 0 Å². The van der Waals surface area contributed by atoms with E-state index in [4.69, 9.17) is 15.2 Å². The predicted octanol–water partition coefficient (Wildman–Crippen LogP) is -4.39. The zero-order valence-electron chi connectivity index (χ0n) is 22.9. The van der Waals surface area contributed by atoms with Crippen molar-refractivity contribution in [2.75, 3.05) is 12.3 Å². The smallest absolute Gasteiger partial charge is 0.330 e. The Labute approximate surface area is 245 Å². The molecule has 0 bridgehead atoms. The van der Waals surface area contributed by atoms with Crippen molar-refractivity contribution in [3.8, 4) is 0 Å². The highest BCUT2D eigenvalue weighted by Crippen LogP contribution is 2.32. The van der Waals surface area contributed by atoms with Gasteiger partial charge in [-0.1, -0.05) is 0 Å². The first-order chi connectivity index (χ1) is 20.9. The van der Waals surface area contributed by atoms with E-state index in [1.807, 2.05) is 0 Å². The molecule has 2 fully saturated rings. The standard InChI is InChI=1S/C24H29N9O11/c1-8-4-32(24(42)31-20(8)39)12-2-9(11(5-34)43-12)29-21(40)10(3-13(35)36)30-22(41)17-15(37)16(38)23(44-17)33-7-28-14-18(25)26-6-27-19(14)33/h4,6-7,9-12,15-17,23,34,37-38H,2-3,5H2,1H3,(H,29,40)(H,30,41)(H,35,36)(H2,25,26,27)(H,31,39,42)/t9-,10+,11+,12+,15-,16+,17-,23+/m0/s1. The summed E-state index contributed by atoms with van der Waals surface area (Å²) in [5.74, 6) is -3.49. The second kappa shape index (κ2) is 12.1. The number of H-pyrrole nitrogens is 1. The summed E-state index contributed by atoms with van der Waals surface area (Å²) in [6.07, 6.45) is -5.89. The molecule has 20 nitrogen and oxygen atoms in total. The van der Waals surface area contributed by atoms with Crippen molar-refractivity contribution < 1.29 is 44.3 Å². The van der Waals surface area contributed by atoms with Gasteiger partial charge < -0.3 is 46.3 Å². The molecular weight excluding hydrogens is 590 g/mol. The number of nitrogens with zero attached hydrogens (tertiary/aromatic N) is 5. The molecule has 5 rings (SSSR count). The zero-order chi connectivity index (χ0) is 31.9. The number of anilines is 1. The monoisotopic (exact) mass is 619 g/mol. The topological polar surface area (TPSA) is 299 Å². The second-order valence-electron chi connectivity index (χ2n) is 10.3. The molecular formula is C24H29N9O11. The van der Waals surface area contributed by atoms with Crippen LogP contribution in [0.2, 0.25) is 0 Å². The van der Waals surface area contributed by atoms with Crippen LogP contribution in [0.25, 0.3) is 11.2 Å². The van der Waals surface area contributed by atoms with Crippen LogP contribution < -0.4 is 27.6 Å². The summed E-state index contributed by atoms with van der Waals surface area (Å²) in [5, 5.41) is 45.2. The lowest BCUT2D eigenvalue weighted by Gasteiger charge is -2.23. The molecule has 2 aliphatic rings. The Kier molecular flexibility index (Phi) is 8.43. The van der Waals surface area contributed by atoms with E-state index in [1.54, 1.807) is 0 Å². The van der Waals surface area contributed by atoms with E-state index in [1.165, 1.54) is 24.0 Å². The molecule has 236 valence electrons. The molecule has 0 radical (unpaired) electrons. The van der Waals surface area contributed by atoms with Crippen LogP contribution in [0.3, 0.4) is 0 Å². The number of carboxylic acid groups (broad SMARTS) is 1. The number of aromatic nitrogens is 6. The highest BCUT2D eigenvalue weighted by molar-refractivity contribution is 5.92. The van der Waals surface area contributed by atoms with Gasteiger partial charge in [-0.25, -0.2) is 19.7 Å². The number of aliphatic hydroxyl groups excluding tert-OH is 3. The van der Waals surface area contributed by atoms with Gasteiger partial charge in [0, 0.05) is 18.2 Å². The summed E-state index contributed by atoms with van der Waals surface area (Å²) in [5.41, 5.74) is 4.96. The van der Waals surface area contributed by atoms with Gasteiger partial charge in [0.25, 0.3) is 11.5 Å². The molecule has 0 aliphatic carbocycles. The summed E-state index contributed by atoms with van der Waals surface area (Å²) in [7, 11) is 0. The predicted molar refractivity (Wildman–Crippen MR) is 143 cm³/mol. The number of carboxylic acids is 1. The van der Waals surface area contributed by atoms with Crippen LogP contribution in [0, 0.1) is 6.92 Å². The number of rotatable bonds is 9. The lowest BCUT2D eigenvalue weighted by atomic mass is 10.1. The van der Waals surface area contributed by atoms with Crippen LogP contribution in [-0.2, 0) is 23.9 Å². The van der Waals surface area contributed by atoms with Gasteiger partial charge in [-0.15, -0.1) is 0 Å². The number of carbonyl (C=O) groups excluding carboxylic acids is 2. The Balaban J connectivity index is 1.29. The Morgan fingerprint density at radius 3 is 2.61 bits per heavy atom. The number of nitrogens with two attached hydrogens (primary N) is 1. The number of fused-ring (bicyclic) bond motifs is 1. The van der Waals surface area contributed by atoms with Crippen LogP contribution in [0.4, 0.5) is 5.82 Å². The number of nitrogens with one attached hydrogen (secondary N) is 3. The molecule has 9 N–H and O–H groups in total. The highest BCUT2D eigenvalue weighted by Gasteiger charge is 2.49. The van der Waals surface area contributed by atoms with E-state index >= 15 is 0 Å². The molecule has 8 atom stereocenters. The molecule has 44 heavy (non-hydrogen) atoms. The van der Waals surface area contributed by atoms with Crippen molar-refractivity contribution in [1.82, 2.24) is 39.7 Å². The molecule has 2 amide bonds. The molecule has 0 saturated carbocycles. The average Bonchev–Trinajstić information content (AvgIpc) is 3.66. The van der Waals surface area contributed by atoms with E-state index in [9.17, 15) is 44.4 Å². The van der Waals surface area contributed by atoms with E-state index in [-0.39, 0.29) is 29.0 Å². The molecule has 0 spiro atoms. The summed E-state index contributed by atoms with van der Waals surface area (Å²) >= 11 is 0. The first-order valence-electron chi connectivity index (χ1n) is 13.2. The number of aryl methyl sites for hydroxylation is 1.